The average molecular weight is 459 g/mol. The lowest BCUT2D eigenvalue weighted by Gasteiger charge is -2.13. The molecule has 0 spiro atoms. The molecule has 32 heavy (non-hydrogen) atoms. The van der Waals surface area contributed by atoms with E-state index in [0.29, 0.717) is 12.1 Å². The maximum Gasteiger partial charge on any atom is 0.110 e. The molecule has 4 heterocycles. The summed E-state index contributed by atoms with van der Waals surface area (Å²) in [5.41, 5.74) is 5.02. The Morgan fingerprint density at radius 2 is 1.31 bits per heavy atom. The van der Waals surface area contributed by atoms with Crippen LogP contribution in [0.4, 0.5) is 0 Å². The number of thiazole rings is 2. The fourth-order valence-corrected chi connectivity index (χ4v) is 6.97. The van der Waals surface area contributed by atoms with Gasteiger partial charge in [-0.1, -0.05) is 48.5 Å². The van der Waals surface area contributed by atoms with Gasteiger partial charge in [0, 0.05) is 23.5 Å². The molecule has 2 aliphatic heterocycles. The number of hydrogen-bond donors (Lipinski definition) is 2. The molecular weight excluding hydrogens is 432 g/mol. The molecule has 2 atom stereocenters. The summed E-state index contributed by atoms with van der Waals surface area (Å²) in [5, 5.41) is 9.59. The van der Waals surface area contributed by atoms with E-state index in [9.17, 15) is 0 Å². The van der Waals surface area contributed by atoms with Crippen LogP contribution in [0.5, 0.6) is 0 Å². The lowest BCUT2D eigenvalue weighted by Crippen LogP contribution is -2.12. The van der Waals surface area contributed by atoms with E-state index in [1.54, 1.807) is 0 Å². The van der Waals surface area contributed by atoms with Crippen LogP contribution in [-0.2, 0) is 0 Å². The van der Waals surface area contributed by atoms with Crippen molar-refractivity contribution in [2.45, 2.75) is 37.8 Å². The van der Waals surface area contributed by atoms with E-state index in [1.165, 1.54) is 67.7 Å². The largest absolute Gasteiger partial charge is 0.308 e. The van der Waals surface area contributed by atoms with E-state index in [4.69, 9.17) is 9.97 Å². The number of nitrogens with one attached hydrogen (secondary N) is 2. The molecular formula is C26H26N4S2. The molecule has 0 aliphatic carbocycles. The first-order valence-electron chi connectivity index (χ1n) is 11.4. The fraction of sp³-hybridized carbons (Fsp3) is 0.308. The highest BCUT2D eigenvalue weighted by Gasteiger charge is 2.24. The third kappa shape index (κ3) is 3.82. The first-order valence-corrected chi connectivity index (χ1v) is 13.1. The molecule has 6 rings (SSSR count). The third-order valence-electron chi connectivity index (χ3n) is 6.43. The summed E-state index contributed by atoms with van der Waals surface area (Å²) in [4.78, 5) is 12.1. The molecule has 2 fully saturated rings. The smallest absolute Gasteiger partial charge is 0.110 e. The van der Waals surface area contributed by atoms with Gasteiger partial charge >= 0.3 is 0 Å². The van der Waals surface area contributed by atoms with E-state index in [2.05, 4.69) is 71.6 Å². The minimum absolute atomic E-state index is 0.393. The Hall–Kier alpha value is -2.38. The van der Waals surface area contributed by atoms with Crippen molar-refractivity contribution in [1.82, 2.24) is 20.6 Å². The van der Waals surface area contributed by atoms with Crippen LogP contribution in [0, 0.1) is 0 Å². The number of aromatic nitrogens is 2. The van der Waals surface area contributed by atoms with Crippen LogP contribution in [0.3, 0.4) is 0 Å². The Bertz CT molecular complexity index is 1200. The fourth-order valence-electron chi connectivity index (χ4n) is 4.81. The summed E-state index contributed by atoms with van der Waals surface area (Å²) in [6.45, 7) is 2.18. The van der Waals surface area contributed by atoms with Gasteiger partial charge in [0.25, 0.3) is 0 Å². The van der Waals surface area contributed by atoms with E-state index in [0.717, 1.165) is 13.1 Å². The Kier molecular flexibility index (Phi) is 5.61. The number of benzene rings is 2. The topological polar surface area (TPSA) is 49.8 Å². The van der Waals surface area contributed by atoms with Gasteiger partial charge in [0.05, 0.1) is 21.8 Å². The highest BCUT2D eigenvalue weighted by Crippen LogP contribution is 2.45. The summed E-state index contributed by atoms with van der Waals surface area (Å²) < 4.78 is 0. The predicted octanol–water partition coefficient (Wildman–Crippen LogP) is 6.45. The summed E-state index contributed by atoms with van der Waals surface area (Å²) in [5.74, 6) is 0. The van der Waals surface area contributed by atoms with Crippen molar-refractivity contribution in [1.29, 1.82) is 0 Å². The normalized spacial score (nSPS) is 20.8. The Morgan fingerprint density at radius 3 is 1.97 bits per heavy atom. The van der Waals surface area contributed by atoms with Crippen LogP contribution in [0.2, 0.25) is 0 Å². The zero-order chi connectivity index (χ0) is 21.3. The van der Waals surface area contributed by atoms with Crippen LogP contribution in [-0.4, -0.2) is 23.1 Å². The van der Waals surface area contributed by atoms with E-state index < -0.39 is 0 Å². The quantitative estimate of drug-likeness (QED) is 0.361. The Morgan fingerprint density at radius 1 is 0.688 bits per heavy atom. The van der Waals surface area contributed by atoms with Gasteiger partial charge in [-0.2, -0.15) is 0 Å². The maximum absolute atomic E-state index is 4.85. The minimum Gasteiger partial charge on any atom is -0.308 e. The van der Waals surface area contributed by atoms with Crippen LogP contribution in [0.25, 0.3) is 32.0 Å². The van der Waals surface area contributed by atoms with Crippen LogP contribution in [0.1, 0.15) is 47.8 Å². The van der Waals surface area contributed by atoms with Crippen molar-refractivity contribution in [3.05, 3.63) is 70.9 Å². The second kappa shape index (κ2) is 8.87. The zero-order valence-corrected chi connectivity index (χ0v) is 19.5. The van der Waals surface area contributed by atoms with Gasteiger partial charge in [-0.05, 0) is 49.9 Å². The summed E-state index contributed by atoms with van der Waals surface area (Å²) in [6, 6.07) is 18.2. The molecule has 4 aromatic rings. The lowest BCUT2D eigenvalue weighted by molar-refractivity contribution is 0.643. The molecule has 0 saturated carbocycles. The van der Waals surface area contributed by atoms with Gasteiger partial charge in [-0.25, -0.2) is 9.97 Å². The molecule has 162 valence electrons. The van der Waals surface area contributed by atoms with Gasteiger partial charge in [0.15, 0.2) is 0 Å². The van der Waals surface area contributed by atoms with E-state index >= 15 is 0 Å². The van der Waals surface area contributed by atoms with Crippen LogP contribution in [0.15, 0.2) is 60.9 Å². The standard InChI is InChI=1S/C26H26N4S2/c1-2-7-17(8-3-1)18-9-4-10-19(22-15-29-25(31-22)20-11-5-13-27-20)24(18)23-16-30-26(32-23)21-12-6-14-28-21/h1-4,7-10,15-16,20-21,27-28H,5-6,11-14H2/t20-,21-/m0/s1. The van der Waals surface area contributed by atoms with E-state index in [-0.39, 0.29) is 0 Å². The van der Waals surface area contributed by atoms with Crippen LogP contribution >= 0.6 is 22.7 Å². The zero-order valence-electron chi connectivity index (χ0n) is 17.9. The molecule has 2 saturated heterocycles. The number of nitrogens with zero attached hydrogens (tertiary/aromatic N) is 2. The second-order valence-corrected chi connectivity index (χ2v) is 10.6. The lowest BCUT2D eigenvalue weighted by atomic mass is 9.94. The average Bonchev–Trinajstić information content (AvgIpc) is 3.65. The summed E-state index contributed by atoms with van der Waals surface area (Å²) in [6.07, 6.45) is 8.94. The van der Waals surface area contributed by atoms with Crippen molar-refractivity contribution >= 4 is 22.7 Å². The highest BCUT2D eigenvalue weighted by atomic mass is 32.1. The Labute approximate surface area is 196 Å². The molecule has 0 amide bonds. The molecule has 0 bridgehead atoms. The second-order valence-electron chi connectivity index (χ2n) is 8.52. The monoisotopic (exact) mass is 458 g/mol. The van der Waals surface area contributed by atoms with Crippen LogP contribution < -0.4 is 10.6 Å². The van der Waals surface area contributed by atoms with Gasteiger partial charge in [0.2, 0.25) is 0 Å². The number of rotatable bonds is 5. The van der Waals surface area contributed by atoms with Crippen molar-refractivity contribution in [2.75, 3.05) is 13.1 Å². The van der Waals surface area contributed by atoms with Crippen molar-refractivity contribution in [3.63, 3.8) is 0 Å². The first-order chi connectivity index (χ1) is 15.9. The summed E-state index contributed by atoms with van der Waals surface area (Å²) in [7, 11) is 0. The maximum atomic E-state index is 4.85. The molecule has 6 heteroatoms. The van der Waals surface area contributed by atoms with E-state index in [1.807, 2.05) is 22.7 Å². The number of hydrogen-bond acceptors (Lipinski definition) is 6. The minimum atomic E-state index is 0.393. The van der Waals surface area contributed by atoms with Crippen molar-refractivity contribution < 1.29 is 0 Å². The van der Waals surface area contributed by atoms with Crippen molar-refractivity contribution in [2.24, 2.45) is 0 Å². The third-order valence-corrected chi connectivity index (χ3v) is 8.70. The van der Waals surface area contributed by atoms with Gasteiger partial charge in [-0.3, -0.25) is 0 Å². The summed E-state index contributed by atoms with van der Waals surface area (Å²) >= 11 is 3.66. The van der Waals surface area contributed by atoms with Gasteiger partial charge < -0.3 is 10.6 Å². The first kappa shape index (κ1) is 20.2. The highest BCUT2D eigenvalue weighted by molar-refractivity contribution is 7.16. The molecule has 2 aliphatic rings. The SMILES string of the molecule is c1ccc(-c2cccc(-c3cnc([C@@H]4CCCN4)s3)c2-c2cnc([C@@H]3CCCN3)s2)cc1. The van der Waals surface area contributed by atoms with Gasteiger partial charge in [-0.15, -0.1) is 22.7 Å². The molecule has 2 aromatic carbocycles. The molecule has 2 N–H and O–H groups in total. The Balaban J connectivity index is 1.48. The van der Waals surface area contributed by atoms with Crippen molar-refractivity contribution in [3.8, 4) is 32.0 Å². The molecule has 2 aromatic heterocycles. The predicted molar refractivity (Wildman–Crippen MR) is 134 cm³/mol. The molecule has 0 radical (unpaired) electrons. The van der Waals surface area contributed by atoms with Gasteiger partial charge in [0.1, 0.15) is 10.0 Å². The molecule has 4 nitrogen and oxygen atoms in total. The molecule has 0 unspecified atom stereocenters.